The zero-order valence-electron chi connectivity index (χ0n) is 15.1. The largest absolute Gasteiger partial charge is 0.271 e. The molecule has 0 bridgehead atoms. The summed E-state index contributed by atoms with van der Waals surface area (Å²) >= 11 is 1.58. The van der Waals surface area contributed by atoms with Crippen LogP contribution in [0, 0.1) is 13.8 Å². The highest BCUT2D eigenvalue weighted by Crippen LogP contribution is 2.20. The fourth-order valence-corrected chi connectivity index (χ4v) is 3.24. The lowest BCUT2D eigenvalue weighted by Gasteiger charge is -2.04. The van der Waals surface area contributed by atoms with E-state index in [4.69, 9.17) is 0 Å². The summed E-state index contributed by atoms with van der Waals surface area (Å²) in [6.07, 6.45) is 4.92. The second kappa shape index (κ2) is 9.05. The third-order valence-corrected chi connectivity index (χ3v) is 4.55. The summed E-state index contributed by atoms with van der Waals surface area (Å²) < 4.78 is 0. The molecule has 27 heavy (non-hydrogen) atoms. The number of pyridine rings is 1. The zero-order valence-corrected chi connectivity index (χ0v) is 15.9. The van der Waals surface area contributed by atoms with E-state index in [1.54, 1.807) is 42.5 Å². The van der Waals surface area contributed by atoms with Crippen molar-refractivity contribution in [2.75, 3.05) is 0 Å². The topological polar surface area (TPSA) is 80.1 Å². The van der Waals surface area contributed by atoms with E-state index in [9.17, 15) is 4.79 Å². The first kappa shape index (κ1) is 18.7. The summed E-state index contributed by atoms with van der Waals surface area (Å²) in [5, 5.41) is 4.72. The molecule has 3 rings (SSSR count). The van der Waals surface area contributed by atoms with Crippen molar-refractivity contribution in [2.45, 2.75) is 24.8 Å². The molecule has 0 radical (unpaired) electrons. The van der Waals surface area contributed by atoms with Crippen LogP contribution in [-0.4, -0.2) is 27.1 Å². The Bertz CT molecular complexity index is 922. The minimum Gasteiger partial charge on any atom is -0.267 e. The number of aromatic nitrogens is 3. The Hall–Kier alpha value is -3.06. The van der Waals surface area contributed by atoms with E-state index in [1.807, 2.05) is 44.2 Å². The van der Waals surface area contributed by atoms with Gasteiger partial charge < -0.3 is 0 Å². The smallest absolute Gasteiger partial charge is 0.267 e. The first-order chi connectivity index (χ1) is 13.1. The van der Waals surface area contributed by atoms with Crippen LogP contribution >= 0.6 is 11.8 Å². The maximum atomic E-state index is 12.1. The van der Waals surface area contributed by atoms with Crippen molar-refractivity contribution in [3.8, 4) is 0 Å². The first-order valence-corrected chi connectivity index (χ1v) is 9.36. The summed E-state index contributed by atoms with van der Waals surface area (Å²) in [5.74, 6) is 0.488. The van der Waals surface area contributed by atoms with E-state index >= 15 is 0 Å². The molecule has 2 aromatic heterocycles. The number of thioether (sulfide) groups is 1. The summed E-state index contributed by atoms with van der Waals surface area (Å²) in [7, 11) is 0. The molecule has 0 fully saturated rings. The van der Waals surface area contributed by atoms with Crippen LogP contribution in [0.2, 0.25) is 0 Å². The number of hydrogen-bond donors (Lipinski definition) is 1. The van der Waals surface area contributed by atoms with Gasteiger partial charge in [-0.3, -0.25) is 9.78 Å². The molecule has 3 aromatic rings. The van der Waals surface area contributed by atoms with Gasteiger partial charge in [-0.25, -0.2) is 15.4 Å². The second-order valence-corrected chi connectivity index (χ2v) is 6.84. The normalized spacial score (nSPS) is 10.9. The monoisotopic (exact) mass is 377 g/mol. The molecule has 0 aliphatic rings. The first-order valence-electron chi connectivity index (χ1n) is 8.37. The van der Waals surface area contributed by atoms with Gasteiger partial charge in [-0.1, -0.05) is 23.9 Å². The van der Waals surface area contributed by atoms with E-state index in [-0.39, 0.29) is 5.91 Å². The number of amides is 1. The summed E-state index contributed by atoms with van der Waals surface area (Å²) in [4.78, 5) is 24.9. The Balaban J connectivity index is 1.54. The van der Waals surface area contributed by atoms with E-state index in [1.165, 1.54) is 0 Å². The minimum absolute atomic E-state index is 0.253. The molecule has 0 aliphatic heterocycles. The Morgan fingerprint density at radius 1 is 1.07 bits per heavy atom. The third-order valence-electron chi connectivity index (χ3n) is 3.63. The predicted molar refractivity (Wildman–Crippen MR) is 107 cm³/mol. The zero-order chi connectivity index (χ0) is 19.1. The van der Waals surface area contributed by atoms with Crippen molar-refractivity contribution < 1.29 is 4.79 Å². The van der Waals surface area contributed by atoms with Crippen LogP contribution in [0.25, 0.3) is 0 Å². The summed E-state index contributed by atoms with van der Waals surface area (Å²) in [6, 6.07) is 13.0. The van der Waals surface area contributed by atoms with Crippen molar-refractivity contribution in [1.29, 1.82) is 0 Å². The predicted octanol–water partition coefficient (Wildman–Crippen LogP) is 3.54. The number of carbonyl (C=O) groups excluding carboxylic acids is 1. The number of nitrogens with zero attached hydrogens (tertiary/aromatic N) is 4. The fourth-order valence-electron chi connectivity index (χ4n) is 2.34. The van der Waals surface area contributed by atoms with Crippen molar-refractivity contribution in [3.63, 3.8) is 0 Å². The van der Waals surface area contributed by atoms with Crippen molar-refractivity contribution in [1.82, 2.24) is 20.4 Å². The van der Waals surface area contributed by atoms with Crippen molar-refractivity contribution in [2.24, 2.45) is 5.10 Å². The van der Waals surface area contributed by atoms with E-state index in [2.05, 4.69) is 25.5 Å². The van der Waals surface area contributed by atoms with Crippen molar-refractivity contribution >= 4 is 23.9 Å². The van der Waals surface area contributed by atoms with Gasteiger partial charge in [0.05, 0.1) is 6.21 Å². The lowest BCUT2D eigenvalue weighted by Crippen LogP contribution is -2.17. The van der Waals surface area contributed by atoms with Gasteiger partial charge in [-0.05, 0) is 55.3 Å². The maximum Gasteiger partial charge on any atom is 0.271 e. The van der Waals surface area contributed by atoms with Gasteiger partial charge in [0.15, 0.2) is 5.16 Å². The average Bonchev–Trinajstić information content (AvgIpc) is 2.67. The van der Waals surface area contributed by atoms with Crippen LogP contribution in [0.5, 0.6) is 0 Å². The van der Waals surface area contributed by atoms with Crippen LogP contribution in [0.3, 0.4) is 0 Å². The molecular weight excluding hydrogens is 358 g/mol. The Morgan fingerprint density at radius 2 is 1.74 bits per heavy atom. The summed E-state index contributed by atoms with van der Waals surface area (Å²) in [6.45, 7) is 3.92. The fraction of sp³-hybridized carbons (Fsp3) is 0.150. The number of aryl methyl sites for hydroxylation is 2. The number of hydrazone groups is 1. The SMILES string of the molecule is Cc1cc(C)nc(SCc2ccc(C(=O)N/N=C\c3ccncc3)cc2)n1. The number of nitrogens with one attached hydrogen (secondary N) is 1. The lowest BCUT2D eigenvalue weighted by atomic mass is 10.1. The molecule has 7 heteroatoms. The van der Waals surface area contributed by atoms with Gasteiger partial charge in [0.1, 0.15) is 0 Å². The molecular formula is C20H19N5OS. The maximum absolute atomic E-state index is 12.1. The Labute approximate surface area is 162 Å². The Morgan fingerprint density at radius 3 is 2.41 bits per heavy atom. The standard InChI is InChI=1S/C20H19N5OS/c1-14-11-15(2)24-20(23-14)27-13-17-3-5-18(6-4-17)19(26)25-22-12-16-7-9-21-10-8-16/h3-12H,13H2,1-2H3,(H,25,26)/b22-12-. The molecule has 0 aliphatic carbocycles. The number of hydrogen-bond acceptors (Lipinski definition) is 6. The minimum atomic E-state index is -0.253. The van der Waals surface area contributed by atoms with Crippen LogP contribution in [0.15, 0.2) is 65.1 Å². The van der Waals surface area contributed by atoms with Gasteiger partial charge in [0, 0.05) is 35.1 Å². The highest BCUT2D eigenvalue weighted by molar-refractivity contribution is 7.98. The van der Waals surface area contributed by atoms with E-state index in [0.29, 0.717) is 5.56 Å². The van der Waals surface area contributed by atoms with Gasteiger partial charge in [0.25, 0.3) is 5.91 Å². The number of benzene rings is 1. The van der Waals surface area contributed by atoms with Crippen LogP contribution in [0.1, 0.15) is 32.9 Å². The molecule has 1 aromatic carbocycles. The Kier molecular flexibility index (Phi) is 6.27. The number of rotatable bonds is 6. The second-order valence-electron chi connectivity index (χ2n) is 5.90. The van der Waals surface area contributed by atoms with E-state index < -0.39 is 0 Å². The molecule has 0 saturated heterocycles. The quantitative estimate of drug-likeness (QED) is 0.308. The molecule has 6 nitrogen and oxygen atoms in total. The summed E-state index contributed by atoms with van der Waals surface area (Å²) in [5.41, 5.74) is 6.96. The molecule has 1 N–H and O–H groups in total. The van der Waals surface area contributed by atoms with Gasteiger partial charge >= 0.3 is 0 Å². The average molecular weight is 377 g/mol. The van der Waals surface area contributed by atoms with Gasteiger partial charge in [-0.15, -0.1) is 0 Å². The lowest BCUT2D eigenvalue weighted by molar-refractivity contribution is 0.0955. The number of carbonyl (C=O) groups is 1. The van der Waals surface area contributed by atoms with Gasteiger partial charge in [0.2, 0.25) is 0 Å². The molecule has 2 heterocycles. The van der Waals surface area contributed by atoms with E-state index in [0.717, 1.165) is 33.4 Å². The van der Waals surface area contributed by atoms with Crippen molar-refractivity contribution in [3.05, 3.63) is 82.9 Å². The molecule has 0 atom stereocenters. The van der Waals surface area contributed by atoms with Crippen LogP contribution in [0.4, 0.5) is 0 Å². The van der Waals surface area contributed by atoms with Gasteiger partial charge in [-0.2, -0.15) is 5.10 Å². The third kappa shape index (κ3) is 5.72. The van der Waals surface area contributed by atoms with Crippen LogP contribution < -0.4 is 5.43 Å². The van der Waals surface area contributed by atoms with Crippen LogP contribution in [-0.2, 0) is 5.75 Å². The molecule has 0 spiro atoms. The highest BCUT2D eigenvalue weighted by Gasteiger charge is 2.05. The molecule has 0 saturated carbocycles. The molecule has 1 amide bonds. The molecule has 0 unspecified atom stereocenters. The highest BCUT2D eigenvalue weighted by atomic mass is 32.2. The molecule has 136 valence electrons.